The number of hydrogen-bond acceptors (Lipinski definition) is 6. The van der Waals surface area contributed by atoms with E-state index in [0.29, 0.717) is 5.56 Å². The number of aromatic carboxylic acids is 1. The molecule has 0 bridgehead atoms. The minimum Gasteiger partial charge on any atom is -0.478 e. The molecule has 0 unspecified atom stereocenters. The first-order valence-electron chi connectivity index (χ1n) is 7.79. The highest BCUT2D eigenvalue weighted by molar-refractivity contribution is 8.07. The van der Waals surface area contributed by atoms with Gasteiger partial charge in [-0.15, -0.1) is 10.2 Å². The lowest BCUT2D eigenvalue weighted by Gasteiger charge is -2.26. The molecule has 4 rings (SSSR count). The number of carboxylic acids is 1. The number of carbonyl (C=O) groups is 1. The second-order valence-electron chi connectivity index (χ2n) is 5.63. The molecule has 0 saturated carbocycles. The van der Waals surface area contributed by atoms with Crippen molar-refractivity contribution in [2.24, 2.45) is 0 Å². The van der Waals surface area contributed by atoms with Crippen LogP contribution in [0.15, 0.2) is 39.9 Å². The molecule has 0 spiro atoms. The molecule has 1 aromatic carbocycles. The summed E-state index contributed by atoms with van der Waals surface area (Å²) < 4.78 is 2.11. The average molecular weight is 360 g/mol. The van der Waals surface area contributed by atoms with Gasteiger partial charge < -0.3 is 5.11 Å². The van der Waals surface area contributed by atoms with Gasteiger partial charge in [0.15, 0.2) is 5.82 Å². The van der Waals surface area contributed by atoms with E-state index in [1.54, 1.807) is 35.7 Å². The van der Waals surface area contributed by atoms with Crippen LogP contribution in [-0.2, 0) is 6.42 Å². The van der Waals surface area contributed by atoms with Crippen molar-refractivity contribution in [2.45, 2.75) is 36.7 Å². The van der Waals surface area contributed by atoms with Crippen molar-refractivity contribution in [3.8, 4) is 0 Å². The Bertz CT molecular complexity index is 816. The summed E-state index contributed by atoms with van der Waals surface area (Å²) >= 11 is 3.35. The third-order valence-corrected chi connectivity index (χ3v) is 6.22. The minimum absolute atomic E-state index is 0.0768. The summed E-state index contributed by atoms with van der Waals surface area (Å²) in [6.07, 6.45) is 3.11. The summed E-state index contributed by atoms with van der Waals surface area (Å²) in [4.78, 5) is 11.0. The Balaban J connectivity index is 1.65. The van der Waals surface area contributed by atoms with Crippen LogP contribution in [0.1, 0.15) is 46.9 Å². The molecule has 0 radical (unpaired) electrons. The van der Waals surface area contributed by atoms with Gasteiger partial charge in [-0.2, -0.15) is 0 Å². The highest BCUT2D eigenvalue weighted by atomic mass is 32.2. The molecule has 2 aromatic rings. The fourth-order valence-electron chi connectivity index (χ4n) is 2.79. The molecule has 8 heteroatoms. The molecule has 1 N–H and O–H groups in total. The van der Waals surface area contributed by atoms with E-state index >= 15 is 0 Å². The number of carboxylic acid groups (broad SMARTS) is 1. The number of nitrogens with zero attached hydrogens (tertiary/aromatic N) is 4. The number of fused-ring (bicyclic) bond motifs is 3. The van der Waals surface area contributed by atoms with Gasteiger partial charge in [-0.1, -0.05) is 37.2 Å². The standard InChI is InChI=1S/C16H16N4O2S2/c1-2-3-4-12-17-18-16-19(12)20-13(24-16)9-23-14(20)10-5-7-11(8-6-10)15(21)22/h5-9,14H,2-4H2,1H3,(H,21,22)/t14-/m0/s1. The number of aryl methyl sites for hydroxylation is 1. The van der Waals surface area contributed by atoms with Crippen molar-refractivity contribution in [1.82, 2.24) is 14.9 Å². The quantitative estimate of drug-likeness (QED) is 0.873. The molecule has 1 aromatic heterocycles. The van der Waals surface area contributed by atoms with Crippen molar-refractivity contribution in [1.29, 1.82) is 0 Å². The number of benzene rings is 1. The van der Waals surface area contributed by atoms with Crippen LogP contribution in [0.4, 0.5) is 0 Å². The smallest absolute Gasteiger partial charge is 0.335 e. The van der Waals surface area contributed by atoms with Crippen molar-refractivity contribution < 1.29 is 9.90 Å². The maximum atomic E-state index is 11.0. The van der Waals surface area contributed by atoms with Gasteiger partial charge >= 0.3 is 5.97 Å². The molecule has 124 valence electrons. The Morgan fingerprint density at radius 3 is 2.79 bits per heavy atom. The Labute approximate surface area is 147 Å². The van der Waals surface area contributed by atoms with Gasteiger partial charge in [0.05, 0.1) is 5.56 Å². The maximum absolute atomic E-state index is 11.0. The molecule has 1 atom stereocenters. The van der Waals surface area contributed by atoms with Crippen LogP contribution < -0.4 is 5.01 Å². The molecule has 2 aliphatic heterocycles. The van der Waals surface area contributed by atoms with Crippen LogP contribution in [0, 0.1) is 0 Å². The molecular weight excluding hydrogens is 344 g/mol. The first kappa shape index (κ1) is 15.6. The van der Waals surface area contributed by atoms with Crippen molar-refractivity contribution in [3.63, 3.8) is 0 Å². The zero-order valence-electron chi connectivity index (χ0n) is 13.0. The first-order chi connectivity index (χ1) is 11.7. The number of rotatable bonds is 5. The van der Waals surface area contributed by atoms with Gasteiger partial charge in [-0.25, -0.2) is 9.47 Å². The summed E-state index contributed by atoms with van der Waals surface area (Å²) in [6, 6.07) is 7.09. The van der Waals surface area contributed by atoms with E-state index < -0.39 is 5.97 Å². The minimum atomic E-state index is -0.904. The van der Waals surface area contributed by atoms with Crippen molar-refractivity contribution in [2.75, 3.05) is 5.01 Å². The molecule has 24 heavy (non-hydrogen) atoms. The summed E-state index contributed by atoms with van der Waals surface area (Å²) in [5.41, 5.74) is 1.37. The predicted octanol–water partition coefficient (Wildman–Crippen LogP) is 3.61. The van der Waals surface area contributed by atoms with E-state index in [4.69, 9.17) is 5.11 Å². The molecule has 0 aliphatic carbocycles. The van der Waals surface area contributed by atoms with Gasteiger partial charge in [0.2, 0.25) is 5.16 Å². The van der Waals surface area contributed by atoms with Gasteiger partial charge in [-0.05, 0) is 35.9 Å². The summed E-state index contributed by atoms with van der Waals surface area (Å²) in [6.45, 7) is 2.17. The topological polar surface area (TPSA) is 71.2 Å². The van der Waals surface area contributed by atoms with Gasteiger partial charge in [0.25, 0.3) is 0 Å². The number of thioether (sulfide) groups is 2. The van der Waals surface area contributed by atoms with E-state index in [1.165, 1.54) is 0 Å². The lowest BCUT2D eigenvalue weighted by atomic mass is 10.1. The van der Waals surface area contributed by atoms with Crippen LogP contribution in [0.3, 0.4) is 0 Å². The van der Waals surface area contributed by atoms with E-state index in [-0.39, 0.29) is 5.37 Å². The van der Waals surface area contributed by atoms with Crippen LogP contribution in [0.25, 0.3) is 0 Å². The zero-order valence-corrected chi connectivity index (χ0v) is 14.7. The summed E-state index contributed by atoms with van der Waals surface area (Å²) in [5.74, 6) is 0.0801. The second-order valence-corrected chi connectivity index (χ2v) is 7.57. The highest BCUT2D eigenvalue weighted by Gasteiger charge is 2.39. The molecule has 2 aliphatic rings. The van der Waals surface area contributed by atoms with Crippen molar-refractivity contribution >= 4 is 29.5 Å². The predicted molar refractivity (Wildman–Crippen MR) is 94.5 cm³/mol. The largest absolute Gasteiger partial charge is 0.478 e. The van der Waals surface area contributed by atoms with Gasteiger partial charge in [-0.3, -0.25) is 5.01 Å². The van der Waals surface area contributed by atoms with E-state index in [2.05, 4.69) is 32.2 Å². The number of hydrogen-bond donors (Lipinski definition) is 1. The fourth-order valence-corrected chi connectivity index (χ4v) is 5.04. The van der Waals surface area contributed by atoms with Crippen LogP contribution >= 0.6 is 23.5 Å². The fraction of sp³-hybridized carbons (Fsp3) is 0.312. The van der Waals surface area contributed by atoms with E-state index in [9.17, 15) is 4.79 Å². The third-order valence-electron chi connectivity index (χ3n) is 4.03. The Hall–Kier alpha value is -1.93. The lowest BCUT2D eigenvalue weighted by molar-refractivity contribution is 0.0697. The normalized spacial score (nSPS) is 18.5. The van der Waals surface area contributed by atoms with Gasteiger partial charge in [0.1, 0.15) is 10.4 Å². The van der Waals surface area contributed by atoms with Crippen LogP contribution in [-0.4, -0.2) is 25.9 Å². The molecule has 6 nitrogen and oxygen atoms in total. The van der Waals surface area contributed by atoms with Crippen LogP contribution in [0.2, 0.25) is 0 Å². The Morgan fingerprint density at radius 2 is 2.08 bits per heavy atom. The highest BCUT2D eigenvalue weighted by Crippen LogP contribution is 2.51. The maximum Gasteiger partial charge on any atom is 0.335 e. The number of aromatic nitrogens is 3. The molecular formula is C16H16N4O2S2. The summed E-state index contributed by atoms with van der Waals surface area (Å²) in [5, 5.41) is 24.2. The Morgan fingerprint density at radius 1 is 1.29 bits per heavy atom. The third kappa shape index (κ3) is 2.50. The zero-order chi connectivity index (χ0) is 16.7. The Kier molecular flexibility index (Phi) is 4.01. The first-order valence-corrected chi connectivity index (χ1v) is 9.55. The molecule has 3 heterocycles. The molecule has 0 fully saturated rings. The average Bonchev–Trinajstić information content (AvgIpc) is 3.24. The van der Waals surface area contributed by atoms with Crippen LogP contribution in [0.5, 0.6) is 0 Å². The SMILES string of the molecule is CCCCc1nnc2n1N1C(=CS[C@H]1c1ccc(C(=O)O)cc1)S2. The van der Waals surface area contributed by atoms with Gasteiger partial charge in [0, 0.05) is 11.8 Å². The van der Waals surface area contributed by atoms with Crippen molar-refractivity contribution in [3.05, 3.63) is 51.7 Å². The molecule has 0 amide bonds. The second kappa shape index (κ2) is 6.18. The van der Waals surface area contributed by atoms with E-state index in [1.807, 2.05) is 12.1 Å². The monoisotopic (exact) mass is 360 g/mol. The lowest BCUT2D eigenvalue weighted by Crippen LogP contribution is -2.30. The van der Waals surface area contributed by atoms with E-state index in [0.717, 1.165) is 40.8 Å². The summed E-state index contributed by atoms with van der Waals surface area (Å²) in [7, 11) is 0. The number of unbranched alkanes of at least 4 members (excludes halogenated alkanes) is 1. The molecule has 0 saturated heterocycles.